The SMILES string of the molecule is COCc1noc(CNC(=O)[C@H]2OCC(=O)N[C@@H]2c2ccc(OC)c(OC)c2)n1. The second-order valence-electron chi connectivity index (χ2n) is 6.15. The van der Waals surface area contributed by atoms with Crippen molar-refractivity contribution in [2.75, 3.05) is 27.9 Å². The number of rotatable bonds is 8. The minimum absolute atomic E-state index is 0.0159. The van der Waals surface area contributed by atoms with Crippen molar-refractivity contribution in [2.45, 2.75) is 25.3 Å². The molecular formula is C18H22N4O7. The van der Waals surface area contributed by atoms with Gasteiger partial charge in [0.15, 0.2) is 23.4 Å². The number of benzene rings is 1. The van der Waals surface area contributed by atoms with Gasteiger partial charge in [0.2, 0.25) is 11.8 Å². The van der Waals surface area contributed by atoms with Crippen LogP contribution in [0.5, 0.6) is 11.5 Å². The molecule has 1 aromatic heterocycles. The molecule has 2 N–H and O–H groups in total. The molecule has 1 aromatic carbocycles. The van der Waals surface area contributed by atoms with Gasteiger partial charge in [-0.1, -0.05) is 11.2 Å². The molecule has 0 spiro atoms. The van der Waals surface area contributed by atoms with Crippen LogP contribution in [0.1, 0.15) is 23.3 Å². The maximum absolute atomic E-state index is 12.7. The lowest BCUT2D eigenvalue weighted by molar-refractivity contribution is -0.148. The fourth-order valence-electron chi connectivity index (χ4n) is 2.90. The summed E-state index contributed by atoms with van der Waals surface area (Å²) in [5.74, 6) is 0.851. The molecule has 11 nitrogen and oxygen atoms in total. The van der Waals surface area contributed by atoms with Gasteiger partial charge in [0.05, 0.1) is 26.8 Å². The number of ether oxygens (including phenoxy) is 4. The predicted octanol–water partition coefficient (Wildman–Crippen LogP) is 0.106. The normalized spacial score (nSPS) is 18.8. The minimum atomic E-state index is -0.952. The summed E-state index contributed by atoms with van der Waals surface area (Å²) in [4.78, 5) is 28.7. The van der Waals surface area contributed by atoms with Gasteiger partial charge in [-0.25, -0.2) is 0 Å². The summed E-state index contributed by atoms with van der Waals surface area (Å²) < 4.78 is 26.0. The van der Waals surface area contributed by atoms with E-state index in [0.29, 0.717) is 22.9 Å². The van der Waals surface area contributed by atoms with Gasteiger partial charge in [-0.2, -0.15) is 4.98 Å². The molecule has 3 rings (SSSR count). The van der Waals surface area contributed by atoms with Gasteiger partial charge in [0, 0.05) is 7.11 Å². The van der Waals surface area contributed by atoms with Crippen molar-refractivity contribution in [3.8, 4) is 11.5 Å². The van der Waals surface area contributed by atoms with Crippen molar-refractivity contribution in [1.29, 1.82) is 0 Å². The van der Waals surface area contributed by atoms with Gasteiger partial charge in [-0.3, -0.25) is 9.59 Å². The molecule has 11 heteroatoms. The standard InChI is InChI=1S/C18H22N4O7/c1-25-8-13-20-15(29-22-13)7-19-18(24)17-16(21-14(23)9-28-17)10-4-5-11(26-2)12(6-10)27-3/h4-6,16-17H,7-9H2,1-3H3,(H,19,24)(H,21,23)/t16-,17+/m1/s1. The first-order chi connectivity index (χ1) is 14.0. The quantitative estimate of drug-likeness (QED) is 0.626. The van der Waals surface area contributed by atoms with E-state index in [1.807, 2.05) is 0 Å². The van der Waals surface area contributed by atoms with E-state index in [2.05, 4.69) is 20.8 Å². The van der Waals surface area contributed by atoms with E-state index < -0.39 is 18.1 Å². The Kier molecular flexibility index (Phi) is 6.62. The lowest BCUT2D eigenvalue weighted by Crippen LogP contribution is -2.52. The molecule has 0 bridgehead atoms. The smallest absolute Gasteiger partial charge is 0.252 e. The number of hydrogen-bond acceptors (Lipinski definition) is 9. The molecule has 1 saturated heterocycles. The predicted molar refractivity (Wildman–Crippen MR) is 97.0 cm³/mol. The Balaban J connectivity index is 1.73. The first kappa shape index (κ1) is 20.6. The van der Waals surface area contributed by atoms with Crippen LogP contribution in [0, 0.1) is 0 Å². The minimum Gasteiger partial charge on any atom is -0.493 e. The maximum Gasteiger partial charge on any atom is 0.252 e. The van der Waals surface area contributed by atoms with Gasteiger partial charge in [-0.15, -0.1) is 0 Å². The Hall–Kier alpha value is -3.18. The molecule has 0 radical (unpaired) electrons. The summed E-state index contributed by atoms with van der Waals surface area (Å²) >= 11 is 0. The first-order valence-electron chi connectivity index (χ1n) is 8.76. The topological polar surface area (TPSA) is 134 Å². The molecule has 29 heavy (non-hydrogen) atoms. The van der Waals surface area contributed by atoms with Crippen LogP contribution < -0.4 is 20.1 Å². The van der Waals surface area contributed by atoms with Gasteiger partial charge in [-0.05, 0) is 17.7 Å². The van der Waals surface area contributed by atoms with Gasteiger partial charge < -0.3 is 34.1 Å². The zero-order valence-corrected chi connectivity index (χ0v) is 16.3. The largest absolute Gasteiger partial charge is 0.493 e. The highest BCUT2D eigenvalue weighted by Crippen LogP contribution is 2.32. The summed E-state index contributed by atoms with van der Waals surface area (Å²) in [7, 11) is 4.54. The lowest BCUT2D eigenvalue weighted by atomic mass is 9.98. The van der Waals surface area contributed by atoms with Crippen molar-refractivity contribution in [2.24, 2.45) is 0 Å². The van der Waals surface area contributed by atoms with Crippen LogP contribution >= 0.6 is 0 Å². The molecule has 2 heterocycles. The second-order valence-corrected chi connectivity index (χ2v) is 6.15. The van der Waals surface area contributed by atoms with Crippen LogP contribution in [-0.4, -0.2) is 56.0 Å². The molecule has 2 atom stereocenters. The molecule has 2 amide bonds. The molecule has 0 unspecified atom stereocenters. The Bertz CT molecular complexity index is 870. The second kappa shape index (κ2) is 9.34. The molecule has 1 aliphatic rings. The number of amides is 2. The van der Waals surface area contributed by atoms with Crippen molar-refractivity contribution in [3.05, 3.63) is 35.5 Å². The van der Waals surface area contributed by atoms with Crippen LogP contribution in [0.25, 0.3) is 0 Å². The average molecular weight is 406 g/mol. The number of methoxy groups -OCH3 is 3. The highest BCUT2D eigenvalue weighted by Gasteiger charge is 2.36. The number of morpholine rings is 1. The molecule has 1 aliphatic heterocycles. The van der Waals surface area contributed by atoms with E-state index in [1.165, 1.54) is 21.3 Å². The monoisotopic (exact) mass is 406 g/mol. The van der Waals surface area contributed by atoms with Crippen molar-refractivity contribution < 1.29 is 33.1 Å². The number of aromatic nitrogens is 2. The molecule has 0 aliphatic carbocycles. The van der Waals surface area contributed by atoms with E-state index in [-0.39, 0.29) is 31.6 Å². The van der Waals surface area contributed by atoms with Gasteiger partial charge >= 0.3 is 0 Å². The molecule has 0 saturated carbocycles. The highest BCUT2D eigenvalue weighted by molar-refractivity contribution is 5.86. The summed E-state index contributed by atoms with van der Waals surface area (Å²) in [6, 6.07) is 4.41. The van der Waals surface area contributed by atoms with E-state index >= 15 is 0 Å². The summed E-state index contributed by atoms with van der Waals surface area (Å²) in [5.41, 5.74) is 0.635. The third kappa shape index (κ3) is 4.81. The summed E-state index contributed by atoms with van der Waals surface area (Å²) in [6.45, 7) is -0.000973. The number of carbonyl (C=O) groups is 2. The van der Waals surface area contributed by atoms with Crippen molar-refractivity contribution in [3.63, 3.8) is 0 Å². The third-order valence-corrected chi connectivity index (χ3v) is 4.24. The number of nitrogens with one attached hydrogen (secondary N) is 2. The highest BCUT2D eigenvalue weighted by atomic mass is 16.5. The fourth-order valence-corrected chi connectivity index (χ4v) is 2.90. The third-order valence-electron chi connectivity index (χ3n) is 4.24. The number of nitrogens with zero attached hydrogens (tertiary/aromatic N) is 2. The number of carbonyl (C=O) groups excluding carboxylic acids is 2. The van der Waals surface area contributed by atoms with E-state index in [9.17, 15) is 9.59 Å². The van der Waals surface area contributed by atoms with Gasteiger partial charge in [0.1, 0.15) is 13.2 Å². The van der Waals surface area contributed by atoms with Crippen LogP contribution in [0.15, 0.2) is 22.7 Å². The van der Waals surface area contributed by atoms with Crippen LogP contribution in [-0.2, 0) is 32.2 Å². The zero-order valence-electron chi connectivity index (χ0n) is 16.3. The fraction of sp³-hybridized carbons (Fsp3) is 0.444. The lowest BCUT2D eigenvalue weighted by Gasteiger charge is -2.31. The molecule has 1 fully saturated rings. The van der Waals surface area contributed by atoms with E-state index in [0.717, 1.165) is 0 Å². The Labute approximate surface area is 166 Å². The number of hydrogen-bond donors (Lipinski definition) is 2. The Morgan fingerprint density at radius 3 is 2.79 bits per heavy atom. The van der Waals surface area contributed by atoms with Crippen LogP contribution in [0.2, 0.25) is 0 Å². The van der Waals surface area contributed by atoms with Gasteiger partial charge in [0.25, 0.3) is 5.91 Å². The van der Waals surface area contributed by atoms with E-state index in [4.69, 9.17) is 23.5 Å². The molecular weight excluding hydrogens is 384 g/mol. The average Bonchev–Trinajstić information content (AvgIpc) is 3.19. The van der Waals surface area contributed by atoms with Crippen molar-refractivity contribution >= 4 is 11.8 Å². The summed E-state index contributed by atoms with van der Waals surface area (Å²) in [5, 5.41) is 9.19. The van der Waals surface area contributed by atoms with Crippen molar-refractivity contribution in [1.82, 2.24) is 20.8 Å². The Morgan fingerprint density at radius 2 is 2.07 bits per heavy atom. The molecule has 156 valence electrons. The van der Waals surface area contributed by atoms with Crippen LogP contribution in [0.4, 0.5) is 0 Å². The zero-order chi connectivity index (χ0) is 20.8. The first-order valence-corrected chi connectivity index (χ1v) is 8.76. The Morgan fingerprint density at radius 1 is 1.28 bits per heavy atom. The van der Waals surface area contributed by atoms with Crippen LogP contribution in [0.3, 0.4) is 0 Å². The maximum atomic E-state index is 12.7. The molecule has 2 aromatic rings. The van der Waals surface area contributed by atoms with E-state index in [1.54, 1.807) is 18.2 Å². The summed E-state index contributed by atoms with van der Waals surface area (Å²) in [6.07, 6.45) is -0.952.